The Morgan fingerprint density at radius 2 is 1.76 bits per heavy atom. The van der Waals surface area contributed by atoms with Gasteiger partial charge in [-0.15, -0.1) is 11.6 Å². The maximum Gasteiger partial charge on any atom is 0.312 e. The molecule has 0 unspecified atom stereocenters. The third-order valence-electron chi connectivity index (χ3n) is 3.22. The van der Waals surface area contributed by atoms with Crippen LogP contribution in [0.3, 0.4) is 0 Å². The summed E-state index contributed by atoms with van der Waals surface area (Å²) in [6.07, 6.45) is 7.57. The molecule has 0 amide bonds. The van der Waals surface area contributed by atoms with Crippen molar-refractivity contribution in [2.24, 2.45) is 5.41 Å². The van der Waals surface area contributed by atoms with Crippen LogP contribution >= 0.6 is 11.6 Å². The lowest BCUT2D eigenvalue weighted by Crippen LogP contribution is -2.29. The van der Waals surface area contributed by atoms with Crippen molar-refractivity contribution in [3.8, 4) is 0 Å². The van der Waals surface area contributed by atoms with E-state index in [0.29, 0.717) is 0 Å². The standard InChI is InChI=1S/C14H25ClO2/c1-13(2,3)17-12(16)14(9-10-14)8-6-4-5-7-11-15/h4-11H2,1-3H3. The van der Waals surface area contributed by atoms with Gasteiger partial charge in [-0.3, -0.25) is 4.79 Å². The molecule has 100 valence electrons. The Balaban J connectivity index is 2.24. The molecule has 0 aromatic rings. The van der Waals surface area contributed by atoms with Crippen molar-refractivity contribution in [1.82, 2.24) is 0 Å². The van der Waals surface area contributed by atoms with Crippen LogP contribution in [0.4, 0.5) is 0 Å². The minimum atomic E-state index is -0.356. The van der Waals surface area contributed by atoms with Gasteiger partial charge >= 0.3 is 5.97 Å². The molecular formula is C14H25ClO2. The van der Waals surface area contributed by atoms with Gasteiger partial charge < -0.3 is 4.74 Å². The molecule has 17 heavy (non-hydrogen) atoms. The van der Waals surface area contributed by atoms with Crippen molar-refractivity contribution in [3.63, 3.8) is 0 Å². The average Bonchev–Trinajstić information content (AvgIpc) is 2.96. The first-order valence-corrected chi connectivity index (χ1v) is 7.22. The first kappa shape index (κ1) is 14.8. The zero-order valence-electron chi connectivity index (χ0n) is 11.4. The summed E-state index contributed by atoms with van der Waals surface area (Å²) in [5, 5.41) is 0. The molecule has 0 radical (unpaired) electrons. The molecule has 0 aromatic heterocycles. The van der Waals surface area contributed by atoms with E-state index in [-0.39, 0.29) is 17.0 Å². The molecule has 1 rings (SSSR count). The van der Waals surface area contributed by atoms with Crippen LogP contribution in [0.15, 0.2) is 0 Å². The van der Waals surface area contributed by atoms with E-state index in [1.807, 2.05) is 20.8 Å². The molecule has 0 heterocycles. The van der Waals surface area contributed by atoms with E-state index in [9.17, 15) is 4.79 Å². The van der Waals surface area contributed by atoms with E-state index in [4.69, 9.17) is 16.3 Å². The average molecular weight is 261 g/mol. The SMILES string of the molecule is CC(C)(C)OC(=O)C1(CCCCCCCl)CC1. The lowest BCUT2D eigenvalue weighted by molar-refractivity contribution is -0.162. The van der Waals surface area contributed by atoms with Gasteiger partial charge in [0.05, 0.1) is 5.41 Å². The molecule has 0 aliphatic heterocycles. The summed E-state index contributed by atoms with van der Waals surface area (Å²) in [4.78, 5) is 12.0. The van der Waals surface area contributed by atoms with E-state index in [1.54, 1.807) is 0 Å². The fraction of sp³-hybridized carbons (Fsp3) is 0.929. The van der Waals surface area contributed by atoms with Gasteiger partial charge in [0.2, 0.25) is 0 Å². The normalized spacial score (nSPS) is 17.9. The fourth-order valence-electron chi connectivity index (χ4n) is 2.00. The van der Waals surface area contributed by atoms with Gasteiger partial charge in [-0.2, -0.15) is 0 Å². The van der Waals surface area contributed by atoms with E-state index in [1.165, 1.54) is 12.8 Å². The molecule has 0 saturated heterocycles. The van der Waals surface area contributed by atoms with Crippen molar-refractivity contribution in [3.05, 3.63) is 0 Å². The van der Waals surface area contributed by atoms with Gasteiger partial charge in [-0.25, -0.2) is 0 Å². The summed E-state index contributed by atoms with van der Waals surface area (Å²) in [5.41, 5.74) is -0.487. The number of esters is 1. The number of carbonyl (C=O) groups excluding carboxylic acids is 1. The van der Waals surface area contributed by atoms with Crippen molar-refractivity contribution >= 4 is 17.6 Å². The molecule has 0 atom stereocenters. The lowest BCUT2D eigenvalue weighted by atomic mass is 9.97. The second kappa shape index (κ2) is 6.08. The van der Waals surface area contributed by atoms with Crippen molar-refractivity contribution in [2.75, 3.05) is 5.88 Å². The fourth-order valence-corrected chi connectivity index (χ4v) is 2.19. The Labute approximate surface area is 110 Å². The van der Waals surface area contributed by atoms with Crippen molar-refractivity contribution in [2.45, 2.75) is 71.3 Å². The van der Waals surface area contributed by atoms with Gasteiger partial charge in [-0.1, -0.05) is 19.3 Å². The molecule has 0 spiro atoms. The Hall–Kier alpha value is -0.240. The number of rotatable bonds is 7. The minimum Gasteiger partial charge on any atom is -0.460 e. The van der Waals surface area contributed by atoms with Crippen LogP contribution < -0.4 is 0 Å². The minimum absolute atomic E-state index is 0.0161. The first-order valence-electron chi connectivity index (χ1n) is 6.69. The monoisotopic (exact) mass is 260 g/mol. The predicted molar refractivity (Wildman–Crippen MR) is 71.3 cm³/mol. The molecule has 1 saturated carbocycles. The molecule has 3 heteroatoms. The Morgan fingerprint density at radius 1 is 1.18 bits per heavy atom. The van der Waals surface area contributed by atoms with E-state index < -0.39 is 0 Å². The Bertz CT molecular complexity index is 251. The highest BCUT2D eigenvalue weighted by molar-refractivity contribution is 6.17. The smallest absolute Gasteiger partial charge is 0.312 e. The summed E-state index contributed by atoms with van der Waals surface area (Å²) >= 11 is 5.63. The highest BCUT2D eigenvalue weighted by Gasteiger charge is 2.51. The zero-order chi connectivity index (χ0) is 12.9. The van der Waals surface area contributed by atoms with Crippen LogP contribution in [0.5, 0.6) is 0 Å². The largest absolute Gasteiger partial charge is 0.460 e. The second-order valence-corrected chi connectivity index (χ2v) is 6.51. The number of hydrogen-bond acceptors (Lipinski definition) is 2. The summed E-state index contributed by atoms with van der Waals surface area (Å²) < 4.78 is 5.48. The highest BCUT2D eigenvalue weighted by atomic mass is 35.5. The van der Waals surface area contributed by atoms with Gasteiger partial charge in [0.25, 0.3) is 0 Å². The van der Waals surface area contributed by atoms with Crippen LogP contribution in [0.25, 0.3) is 0 Å². The van der Waals surface area contributed by atoms with Gasteiger partial charge in [-0.05, 0) is 46.5 Å². The molecular weight excluding hydrogens is 236 g/mol. The van der Waals surface area contributed by atoms with Crippen LogP contribution in [-0.4, -0.2) is 17.5 Å². The van der Waals surface area contributed by atoms with Crippen LogP contribution in [-0.2, 0) is 9.53 Å². The van der Waals surface area contributed by atoms with Crippen LogP contribution in [0, 0.1) is 5.41 Å². The van der Waals surface area contributed by atoms with E-state index in [0.717, 1.165) is 38.0 Å². The second-order valence-electron chi connectivity index (χ2n) is 6.14. The third kappa shape index (κ3) is 5.29. The first-order chi connectivity index (χ1) is 7.90. The molecule has 1 aliphatic rings. The molecule has 0 aromatic carbocycles. The molecule has 1 aliphatic carbocycles. The number of halogens is 1. The van der Waals surface area contributed by atoms with Crippen LogP contribution in [0.2, 0.25) is 0 Å². The molecule has 0 bridgehead atoms. The Morgan fingerprint density at radius 3 is 2.24 bits per heavy atom. The molecule has 2 nitrogen and oxygen atoms in total. The summed E-state index contributed by atoms with van der Waals surface area (Å²) in [7, 11) is 0. The predicted octanol–water partition coefficient (Wildman–Crippen LogP) is 4.30. The maximum absolute atomic E-state index is 12.0. The summed E-state index contributed by atoms with van der Waals surface area (Å²) in [5.74, 6) is 0.763. The molecule has 0 N–H and O–H groups in total. The number of hydrogen-bond donors (Lipinski definition) is 0. The van der Waals surface area contributed by atoms with Gasteiger partial charge in [0.1, 0.15) is 5.60 Å². The van der Waals surface area contributed by atoms with Crippen LogP contribution in [0.1, 0.15) is 65.7 Å². The Kier molecular flexibility index (Phi) is 5.30. The van der Waals surface area contributed by atoms with E-state index >= 15 is 0 Å². The van der Waals surface area contributed by atoms with Crippen molar-refractivity contribution < 1.29 is 9.53 Å². The highest BCUT2D eigenvalue weighted by Crippen LogP contribution is 2.51. The summed E-state index contributed by atoms with van der Waals surface area (Å²) in [6.45, 7) is 5.80. The lowest BCUT2D eigenvalue weighted by Gasteiger charge is -2.23. The maximum atomic E-state index is 12.0. The van der Waals surface area contributed by atoms with Crippen molar-refractivity contribution in [1.29, 1.82) is 0 Å². The number of alkyl halides is 1. The zero-order valence-corrected chi connectivity index (χ0v) is 12.1. The number of ether oxygens (including phenoxy) is 1. The number of unbranched alkanes of at least 4 members (excludes halogenated alkanes) is 3. The number of carbonyl (C=O) groups is 1. The van der Waals surface area contributed by atoms with E-state index in [2.05, 4.69) is 0 Å². The molecule has 1 fully saturated rings. The van der Waals surface area contributed by atoms with Gasteiger partial charge in [0, 0.05) is 5.88 Å². The third-order valence-corrected chi connectivity index (χ3v) is 3.49. The summed E-state index contributed by atoms with van der Waals surface area (Å²) in [6, 6.07) is 0. The van der Waals surface area contributed by atoms with Gasteiger partial charge in [0.15, 0.2) is 0 Å². The topological polar surface area (TPSA) is 26.3 Å². The quantitative estimate of drug-likeness (QED) is 0.388.